The Labute approximate surface area is 172 Å². The van der Waals surface area contributed by atoms with Crippen molar-refractivity contribution in [2.75, 3.05) is 0 Å². The first-order valence-electron chi connectivity index (χ1n) is 9.47. The number of hydrogen-bond donors (Lipinski definition) is 1. The number of alkyl halides is 3. The van der Waals surface area contributed by atoms with Crippen LogP contribution in [0, 0.1) is 6.92 Å². The predicted molar refractivity (Wildman–Crippen MR) is 104 cm³/mol. The monoisotopic (exact) mass is 421 g/mol. The van der Waals surface area contributed by atoms with Crippen molar-refractivity contribution in [1.82, 2.24) is 0 Å². The number of aryl methyl sites for hydroxylation is 1. The number of nitrogens with zero attached hydrogens (tertiary/aromatic N) is 1. The molecule has 1 aliphatic rings. The van der Waals surface area contributed by atoms with E-state index in [1.165, 1.54) is 12.1 Å². The van der Waals surface area contributed by atoms with Crippen LogP contribution in [0.5, 0.6) is 0 Å². The number of halogens is 3. The van der Waals surface area contributed by atoms with Gasteiger partial charge in [0.1, 0.15) is 6.10 Å². The molecule has 3 rings (SSSR count). The number of aliphatic carboxylic acids is 1. The van der Waals surface area contributed by atoms with Crippen molar-refractivity contribution in [2.24, 2.45) is 5.16 Å². The van der Waals surface area contributed by atoms with Crippen LogP contribution in [0.15, 0.2) is 53.7 Å². The maximum absolute atomic E-state index is 13.0. The smallest absolute Gasteiger partial charge is 0.416 e. The number of carboxylic acid groups (broad SMARTS) is 1. The lowest BCUT2D eigenvalue weighted by Gasteiger charge is -2.31. The Balaban J connectivity index is 1.95. The number of oxime groups is 1. The second-order valence-electron chi connectivity index (χ2n) is 7.27. The van der Waals surface area contributed by atoms with Crippen LogP contribution in [-0.4, -0.2) is 22.4 Å². The molecule has 0 spiro atoms. The van der Waals surface area contributed by atoms with Gasteiger partial charge < -0.3 is 14.7 Å². The highest BCUT2D eigenvalue weighted by atomic mass is 19.4. The number of rotatable bonds is 7. The molecule has 160 valence electrons. The van der Waals surface area contributed by atoms with Gasteiger partial charge in [0.25, 0.3) is 5.60 Å². The highest BCUT2D eigenvalue weighted by Crippen LogP contribution is 2.41. The minimum Gasteiger partial charge on any atom is -0.478 e. The van der Waals surface area contributed by atoms with Gasteiger partial charge in [0, 0.05) is 6.42 Å². The van der Waals surface area contributed by atoms with Crippen molar-refractivity contribution in [2.45, 2.75) is 51.2 Å². The minimum atomic E-state index is -4.50. The van der Waals surface area contributed by atoms with Gasteiger partial charge in [-0.05, 0) is 36.6 Å². The summed E-state index contributed by atoms with van der Waals surface area (Å²) in [5.74, 6) is -1.29. The standard InChI is InChI=1S/C22H22F3NO4/c1-3-18-12-21(20(27)28,30-26-18)19(29-13-15-6-4-14(2)5-7-15)16-8-10-17(11-9-16)22(23,24)25/h4-11,19H,3,12-13H2,1-2H3,(H,27,28). The van der Waals surface area contributed by atoms with Gasteiger partial charge in [0.05, 0.1) is 17.9 Å². The zero-order valence-corrected chi connectivity index (χ0v) is 16.6. The number of carbonyl (C=O) groups is 1. The number of carboxylic acids is 1. The Morgan fingerprint density at radius 3 is 2.33 bits per heavy atom. The quantitative estimate of drug-likeness (QED) is 0.660. The van der Waals surface area contributed by atoms with Crippen LogP contribution in [0.2, 0.25) is 0 Å². The van der Waals surface area contributed by atoms with Gasteiger partial charge in [-0.15, -0.1) is 0 Å². The van der Waals surface area contributed by atoms with E-state index < -0.39 is 29.4 Å². The fourth-order valence-corrected chi connectivity index (χ4v) is 3.28. The molecule has 0 amide bonds. The SMILES string of the molecule is CCC1=NOC(C(=O)O)(C(OCc2ccc(C)cc2)c2ccc(C(F)(F)F)cc2)C1. The first-order chi connectivity index (χ1) is 14.2. The van der Waals surface area contributed by atoms with Crippen LogP contribution >= 0.6 is 0 Å². The molecule has 0 aliphatic carbocycles. The van der Waals surface area contributed by atoms with Crippen molar-refractivity contribution in [1.29, 1.82) is 0 Å². The van der Waals surface area contributed by atoms with Crippen LogP contribution in [0.3, 0.4) is 0 Å². The van der Waals surface area contributed by atoms with E-state index in [2.05, 4.69) is 5.16 Å². The normalized spacial score (nSPS) is 19.8. The Morgan fingerprint density at radius 1 is 1.20 bits per heavy atom. The molecule has 2 unspecified atom stereocenters. The van der Waals surface area contributed by atoms with Crippen LogP contribution in [0.4, 0.5) is 13.2 Å². The first kappa shape index (κ1) is 21.8. The fraction of sp³-hybridized carbons (Fsp3) is 0.364. The molecule has 1 aliphatic heterocycles. The van der Waals surface area contributed by atoms with Gasteiger partial charge in [0.15, 0.2) is 0 Å². The number of ether oxygens (including phenoxy) is 1. The number of benzene rings is 2. The molecule has 1 heterocycles. The van der Waals surface area contributed by atoms with Gasteiger partial charge in [-0.3, -0.25) is 0 Å². The van der Waals surface area contributed by atoms with Gasteiger partial charge in [0.2, 0.25) is 0 Å². The lowest BCUT2D eigenvalue weighted by molar-refractivity contribution is -0.187. The average molecular weight is 421 g/mol. The first-order valence-corrected chi connectivity index (χ1v) is 9.47. The molecule has 8 heteroatoms. The lowest BCUT2D eigenvalue weighted by atomic mass is 9.85. The van der Waals surface area contributed by atoms with Crippen LogP contribution in [-0.2, 0) is 27.2 Å². The summed E-state index contributed by atoms with van der Waals surface area (Å²) in [5, 5.41) is 13.8. The molecule has 2 atom stereocenters. The van der Waals surface area contributed by atoms with Crippen molar-refractivity contribution in [3.05, 3.63) is 70.8 Å². The Hall–Kier alpha value is -2.87. The summed E-state index contributed by atoms with van der Waals surface area (Å²) in [6, 6.07) is 11.7. The predicted octanol–water partition coefficient (Wildman–Crippen LogP) is 5.28. The molecule has 2 aromatic carbocycles. The highest BCUT2D eigenvalue weighted by Gasteiger charge is 2.54. The largest absolute Gasteiger partial charge is 0.478 e. The maximum Gasteiger partial charge on any atom is 0.416 e. The van der Waals surface area contributed by atoms with E-state index in [0.717, 1.165) is 23.3 Å². The zero-order valence-electron chi connectivity index (χ0n) is 16.6. The van der Waals surface area contributed by atoms with E-state index in [0.29, 0.717) is 12.1 Å². The van der Waals surface area contributed by atoms with Crippen LogP contribution in [0.25, 0.3) is 0 Å². The second kappa shape index (κ2) is 8.47. The summed E-state index contributed by atoms with van der Waals surface area (Å²) in [5.41, 5.74) is -0.00705. The van der Waals surface area contributed by atoms with Gasteiger partial charge in [-0.2, -0.15) is 13.2 Å². The van der Waals surface area contributed by atoms with E-state index in [4.69, 9.17) is 9.57 Å². The number of hydrogen-bond acceptors (Lipinski definition) is 4. The third-order valence-electron chi connectivity index (χ3n) is 5.08. The summed E-state index contributed by atoms with van der Waals surface area (Å²) in [6.45, 7) is 3.82. The topological polar surface area (TPSA) is 68.1 Å². The summed E-state index contributed by atoms with van der Waals surface area (Å²) >= 11 is 0. The molecule has 1 N–H and O–H groups in total. The molecule has 0 aromatic heterocycles. The van der Waals surface area contributed by atoms with E-state index in [9.17, 15) is 23.1 Å². The molecule has 0 saturated heterocycles. The minimum absolute atomic E-state index is 0.0155. The third kappa shape index (κ3) is 4.48. The summed E-state index contributed by atoms with van der Waals surface area (Å²) in [7, 11) is 0. The van der Waals surface area contributed by atoms with E-state index in [1.54, 1.807) is 0 Å². The molecule has 30 heavy (non-hydrogen) atoms. The van der Waals surface area contributed by atoms with E-state index in [1.807, 2.05) is 38.1 Å². The van der Waals surface area contributed by atoms with Crippen molar-refractivity contribution >= 4 is 11.7 Å². The Kier molecular flexibility index (Phi) is 6.17. The third-order valence-corrected chi connectivity index (χ3v) is 5.08. The molecular formula is C22H22F3NO4. The van der Waals surface area contributed by atoms with Crippen molar-refractivity contribution < 1.29 is 32.6 Å². The molecule has 0 fully saturated rings. The van der Waals surface area contributed by atoms with Crippen molar-refractivity contribution in [3.63, 3.8) is 0 Å². The lowest BCUT2D eigenvalue weighted by Crippen LogP contribution is -2.46. The van der Waals surface area contributed by atoms with Gasteiger partial charge in [-0.1, -0.05) is 54.0 Å². The Bertz CT molecular complexity index is 923. The second-order valence-corrected chi connectivity index (χ2v) is 7.27. The molecule has 0 saturated carbocycles. The zero-order chi connectivity index (χ0) is 21.9. The molecule has 5 nitrogen and oxygen atoms in total. The van der Waals surface area contributed by atoms with Crippen LogP contribution < -0.4 is 0 Å². The summed E-state index contributed by atoms with van der Waals surface area (Å²) in [6.07, 6.45) is -5.18. The van der Waals surface area contributed by atoms with E-state index >= 15 is 0 Å². The highest BCUT2D eigenvalue weighted by molar-refractivity contribution is 5.93. The maximum atomic E-state index is 13.0. The molecule has 2 aromatic rings. The summed E-state index contributed by atoms with van der Waals surface area (Å²) < 4.78 is 44.8. The fourth-order valence-electron chi connectivity index (χ4n) is 3.28. The van der Waals surface area contributed by atoms with Gasteiger partial charge >= 0.3 is 12.1 Å². The van der Waals surface area contributed by atoms with E-state index in [-0.39, 0.29) is 18.6 Å². The van der Waals surface area contributed by atoms with Crippen LogP contribution in [0.1, 0.15) is 48.1 Å². The average Bonchev–Trinajstić information content (AvgIpc) is 3.15. The Morgan fingerprint density at radius 2 is 1.83 bits per heavy atom. The molecule has 0 radical (unpaired) electrons. The van der Waals surface area contributed by atoms with Gasteiger partial charge in [-0.25, -0.2) is 4.79 Å². The molecular weight excluding hydrogens is 399 g/mol. The molecule has 0 bridgehead atoms. The summed E-state index contributed by atoms with van der Waals surface area (Å²) in [4.78, 5) is 17.6. The van der Waals surface area contributed by atoms with Crippen molar-refractivity contribution in [3.8, 4) is 0 Å².